The Bertz CT molecular complexity index is 1860. The molecule has 1 aliphatic rings. The molecule has 5 rings (SSSR count). The molecule has 10 nitrogen and oxygen atoms in total. The Balaban J connectivity index is 1.41. The van der Waals surface area contributed by atoms with E-state index in [4.69, 9.17) is 9.47 Å². The highest BCUT2D eigenvalue weighted by Gasteiger charge is 2.45. The highest BCUT2D eigenvalue weighted by molar-refractivity contribution is 5.99. The van der Waals surface area contributed by atoms with E-state index in [1.807, 2.05) is 6.07 Å². The van der Waals surface area contributed by atoms with E-state index in [9.17, 15) is 32.7 Å². The maximum Gasteiger partial charge on any atom is 0.416 e. The van der Waals surface area contributed by atoms with Gasteiger partial charge in [0.2, 0.25) is 5.91 Å². The number of hydrogen-bond acceptors (Lipinski definition) is 6. The summed E-state index contributed by atoms with van der Waals surface area (Å²) in [6, 6.07) is 14.0. The standard InChI is InChI=1S/C32H29F5N4O6/c1-46-20-8-6-17-10-19(7-5-18(17)11-20)39-31(45)38-14-22-23(28-24(33)12-21(47-2)13-25(28)34)15-41(29(22)43)26-4-3-9-40(30(26)44)16-27(42)32(35,36)37/h3-13,22-23,27,42H,14-16H2,1-2H3,(H2,38,39,45)/t22?,23-,27?/m1/s1. The number of halogens is 5. The van der Waals surface area contributed by atoms with Crippen molar-refractivity contribution in [3.63, 3.8) is 0 Å². The molecule has 1 aliphatic heterocycles. The molecule has 15 heteroatoms. The topological polar surface area (TPSA) is 122 Å². The third-order valence-electron chi connectivity index (χ3n) is 7.93. The van der Waals surface area contributed by atoms with Gasteiger partial charge in [-0.3, -0.25) is 9.59 Å². The third kappa shape index (κ3) is 6.99. The normalized spacial score (nSPS) is 17.1. The molecule has 1 aromatic heterocycles. The van der Waals surface area contributed by atoms with Crippen molar-refractivity contribution in [2.75, 3.05) is 37.5 Å². The lowest BCUT2D eigenvalue weighted by Crippen LogP contribution is -2.40. The molecule has 2 unspecified atom stereocenters. The fraction of sp³-hybridized carbons (Fsp3) is 0.281. The number of benzene rings is 3. The fourth-order valence-electron chi connectivity index (χ4n) is 5.53. The lowest BCUT2D eigenvalue weighted by atomic mass is 9.87. The molecule has 3 N–H and O–H groups in total. The van der Waals surface area contributed by atoms with Gasteiger partial charge in [0.25, 0.3) is 5.56 Å². The number of fused-ring (bicyclic) bond motifs is 1. The number of hydrogen-bond donors (Lipinski definition) is 3. The molecule has 47 heavy (non-hydrogen) atoms. The summed E-state index contributed by atoms with van der Waals surface area (Å²) in [7, 11) is 2.75. The second kappa shape index (κ2) is 13.3. The van der Waals surface area contributed by atoms with Gasteiger partial charge in [-0.15, -0.1) is 0 Å². The summed E-state index contributed by atoms with van der Waals surface area (Å²) in [5, 5.41) is 16.3. The summed E-state index contributed by atoms with van der Waals surface area (Å²) in [5.74, 6) is -4.89. The van der Waals surface area contributed by atoms with Gasteiger partial charge < -0.3 is 34.7 Å². The summed E-state index contributed by atoms with van der Waals surface area (Å²) in [6.45, 7) is -2.01. The lowest BCUT2D eigenvalue weighted by molar-refractivity contribution is -0.207. The maximum atomic E-state index is 15.3. The quantitative estimate of drug-likeness (QED) is 0.222. The van der Waals surface area contributed by atoms with Crippen molar-refractivity contribution in [2.24, 2.45) is 5.92 Å². The van der Waals surface area contributed by atoms with Crippen molar-refractivity contribution in [3.8, 4) is 11.5 Å². The van der Waals surface area contributed by atoms with Crippen LogP contribution >= 0.6 is 0 Å². The molecule has 0 spiro atoms. The number of aromatic nitrogens is 1. The summed E-state index contributed by atoms with van der Waals surface area (Å²) in [4.78, 5) is 40.7. The molecule has 0 bridgehead atoms. The molecule has 2 heterocycles. The monoisotopic (exact) mass is 660 g/mol. The minimum atomic E-state index is -5.01. The number of aliphatic hydroxyl groups excluding tert-OH is 1. The Morgan fingerprint density at radius 2 is 1.64 bits per heavy atom. The van der Waals surface area contributed by atoms with Crippen LogP contribution in [-0.2, 0) is 11.3 Å². The largest absolute Gasteiger partial charge is 0.497 e. The first kappa shape index (κ1) is 33.2. The van der Waals surface area contributed by atoms with Crippen LogP contribution in [0.4, 0.5) is 38.1 Å². The first-order valence-corrected chi connectivity index (χ1v) is 14.2. The number of urea groups is 1. The number of alkyl halides is 3. The van der Waals surface area contributed by atoms with Crippen LogP contribution < -0.4 is 30.6 Å². The minimum Gasteiger partial charge on any atom is -0.497 e. The van der Waals surface area contributed by atoms with Gasteiger partial charge in [-0.05, 0) is 47.2 Å². The highest BCUT2D eigenvalue weighted by atomic mass is 19.4. The van der Waals surface area contributed by atoms with Crippen molar-refractivity contribution in [1.82, 2.24) is 9.88 Å². The predicted octanol–water partition coefficient (Wildman–Crippen LogP) is 4.79. The Kier molecular flexibility index (Phi) is 9.38. The van der Waals surface area contributed by atoms with Crippen molar-refractivity contribution in [3.05, 3.63) is 94.4 Å². The molecule has 3 aromatic carbocycles. The number of anilines is 2. The van der Waals surface area contributed by atoms with Gasteiger partial charge in [0.1, 0.15) is 28.8 Å². The Labute approximate surface area is 264 Å². The number of amides is 3. The van der Waals surface area contributed by atoms with Gasteiger partial charge >= 0.3 is 12.2 Å². The van der Waals surface area contributed by atoms with Crippen LogP contribution in [0.25, 0.3) is 10.8 Å². The van der Waals surface area contributed by atoms with Crippen molar-refractivity contribution in [1.29, 1.82) is 0 Å². The van der Waals surface area contributed by atoms with Crippen LogP contribution in [0, 0.1) is 17.6 Å². The minimum absolute atomic E-state index is 0.123. The lowest BCUT2D eigenvalue weighted by Gasteiger charge is -2.20. The molecule has 3 amide bonds. The SMILES string of the molecule is COc1cc(F)c([C@@H]2CN(c3cccn(CC(O)C(F)(F)F)c3=O)C(=O)C2CNC(=O)Nc2ccc3cc(OC)ccc3c2)c(F)c1. The number of nitrogens with zero attached hydrogens (tertiary/aromatic N) is 2. The van der Waals surface area contributed by atoms with Crippen molar-refractivity contribution >= 4 is 34.1 Å². The van der Waals surface area contributed by atoms with E-state index in [-0.39, 0.29) is 11.4 Å². The first-order chi connectivity index (χ1) is 22.3. The van der Waals surface area contributed by atoms with Crippen LogP contribution in [0.3, 0.4) is 0 Å². The van der Waals surface area contributed by atoms with Gasteiger partial charge in [0.15, 0.2) is 6.10 Å². The number of ether oxygens (including phenoxy) is 2. The molecule has 1 saturated heterocycles. The average molecular weight is 661 g/mol. The van der Waals surface area contributed by atoms with Crippen molar-refractivity contribution in [2.45, 2.75) is 24.7 Å². The van der Waals surface area contributed by atoms with E-state index in [0.717, 1.165) is 34.0 Å². The van der Waals surface area contributed by atoms with E-state index in [0.29, 0.717) is 16.0 Å². The Morgan fingerprint density at radius 3 is 2.30 bits per heavy atom. The summed E-state index contributed by atoms with van der Waals surface area (Å²) >= 11 is 0. The summed E-state index contributed by atoms with van der Waals surface area (Å²) in [6.07, 6.45) is -6.86. The van der Waals surface area contributed by atoms with Crippen LogP contribution in [0.2, 0.25) is 0 Å². The third-order valence-corrected chi connectivity index (χ3v) is 7.93. The van der Waals surface area contributed by atoms with E-state index < -0.39 is 78.4 Å². The molecule has 0 aliphatic carbocycles. The van der Waals surface area contributed by atoms with Gasteiger partial charge in [-0.1, -0.05) is 12.1 Å². The number of aliphatic hydroxyl groups is 1. The maximum absolute atomic E-state index is 15.3. The molecular formula is C32H29F5N4O6. The highest BCUT2D eigenvalue weighted by Crippen LogP contribution is 2.39. The summed E-state index contributed by atoms with van der Waals surface area (Å²) < 4.78 is 80.2. The molecule has 3 atom stereocenters. The van der Waals surface area contributed by atoms with Gasteiger partial charge in [0.05, 0.1) is 26.7 Å². The predicted molar refractivity (Wildman–Crippen MR) is 162 cm³/mol. The summed E-state index contributed by atoms with van der Waals surface area (Å²) in [5.41, 5.74) is -1.50. The molecule has 0 saturated carbocycles. The Hall–Kier alpha value is -5.18. The molecular weight excluding hydrogens is 631 g/mol. The molecule has 0 radical (unpaired) electrons. The number of methoxy groups -OCH3 is 2. The zero-order chi connectivity index (χ0) is 34.0. The van der Waals surface area contributed by atoms with Gasteiger partial charge in [-0.25, -0.2) is 13.6 Å². The van der Waals surface area contributed by atoms with Crippen LogP contribution in [0.5, 0.6) is 11.5 Å². The first-order valence-electron chi connectivity index (χ1n) is 14.2. The number of pyridine rings is 1. The number of carbonyl (C=O) groups excluding carboxylic acids is 2. The second-order valence-corrected chi connectivity index (χ2v) is 10.8. The van der Waals surface area contributed by atoms with E-state index >= 15 is 8.78 Å². The second-order valence-electron chi connectivity index (χ2n) is 10.8. The zero-order valence-electron chi connectivity index (χ0n) is 25.0. The van der Waals surface area contributed by atoms with E-state index in [1.54, 1.807) is 30.3 Å². The Morgan fingerprint density at radius 1 is 0.979 bits per heavy atom. The number of carbonyl (C=O) groups is 2. The fourth-order valence-corrected chi connectivity index (χ4v) is 5.53. The van der Waals surface area contributed by atoms with E-state index in [2.05, 4.69) is 10.6 Å². The number of nitrogens with one attached hydrogen (secondary N) is 2. The molecule has 4 aromatic rings. The molecule has 1 fully saturated rings. The van der Waals surface area contributed by atoms with Crippen LogP contribution in [0.1, 0.15) is 11.5 Å². The van der Waals surface area contributed by atoms with Gasteiger partial charge in [-0.2, -0.15) is 13.2 Å². The van der Waals surface area contributed by atoms with Gasteiger partial charge in [0, 0.05) is 48.6 Å². The van der Waals surface area contributed by atoms with E-state index in [1.165, 1.54) is 26.4 Å². The van der Waals surface area contributed by atoms with Crippen molar-refractivity contribution < 1.29 is 46.1 Å². The average Bonchev–Trinajstić information content (AvgIpc) is 3.34. The number of rotatable bonds is 9. The van der Waals surface area contributed by atoms with Crippen LogP contribution in [-0.4, -0.2) is 61.2 Å². The smallest absolute Gasteiger partial charge is 0.416 e. The zero-order valence-corrected chi connectivity index (χ0v) is 25.0. The van der Waals surface area contributed by atoms with Crippen LogP contribution in [0.15, 0.2) is 71.7 Å². The molecule has 248 valence electrons.